The fourth-order valence-electron chi connectivity index (χ4n) is 2.87. The summed E-state index contributed by atoms with van der Waals surface area (Å²) in [6.07, 6.45) is 0.775. The number of carbonyl (C=O) groups excluding carboxylic acids is 1. The summed E-state index contributed by atoms with van der Waals surface area (Å²) in [4.78, 5) is 16.7. The number of hydrogen-bond donors (Lipinski definition) is 2. The van der Waals surface area contributed by atoms with Gasteiger partial charge in [-0.05, 0) is 54.2 Å². The summed E-state index contributed by atoms with van der Waals surface area (Å²) in [5, 5.41) is 6.94. The Kier molecular flexibility index (Phi) is 6.32. The molecule has 0 fully saturated rings. The second kappa shape index (κ2) is 9.47. The van der Waals surface area contributed by atoms with E-state index in [9.17, 15) is 4.79 Å². The Labute approximate surface area is 183 Å². The number of thiocarbonyl (C=S) groups is 1. The van der Waals surface area contributed by atoms with Crippen LogP contribution in [0.4, 0.5) is 5.69 Å². The first-order chi connectivity index (χ1) is 14.7. The maximum absolute atomic E-state index is 12.0. The number of fused-ring (bicyclic) bond motifs is 1. The second-order valence-electron chi connectivity index (χ2n) is 6.55. The van der Waals surface area contributed by atoms with Crippen molar-refractivity contribution in [2.75, 3.05) is 11.9 Å². The Balaban J connectivity index is 1.27. The number of aromatic nitrogens is 1. The molecular formula is C23H19N3O2S2. The number of para-hydroxylation sites is 2. The van der Waals surface area contributed by atoms with Gasteiger partial charge in [0.2, 0.25) is 0 Å². The van der Waals surface area contributed by atoms with E-state index in [0.717, 1.165) is 28.2 Å². The van der Waals surface area contributed by atoms with E-state index in [1.807, 2.05) is 60.7 Å². The van der Waals surface area contributed by atoms with Gasteiger partial charge in [-0.3, -0.25) is 10.1 Å². The molecule has 1 aromatic heterocycles. The van der Waals surface area contributed by atoms with E-state index in [1.54, 1.807) is 23.5 Å². The molecule has 2 N–H and O–H groups in total. The van der Waals surface area contributed by atoms with Gasteiger partial charge < -0.3 is 10.1 Å². The smallest absolute Gasteiger partial charge is 0.264 e. The van der Waals surface area contributed by atoms with Crippen molar-refractivity contribution in [1.29, 1.82) is 0 Å². The molecule has 0 bridgehead atoms. The molecule has 0 aliphatic carbocycles. The van der Waals surface area contributed by atoms with Crippen LogP contribution in [0, 0.1) is 0 Å². The number of amides is 1. The van der Waals surface area contributed by atoms with Gasteiger partial charge in [0.05, 0.1) is 15.2 Å². The van der Waals surface area contributed by atoms with Crippen LogP contribution < -0.4 is 15.4 Å². The van der Waals surface area contributed by atoms with Gasteiger partial charge in [-0.25, -0.2) is 4.98 Å². The Bertz CT molecular complexity index is 1130. The molecule has 1 heterocycles. The first kappa shape index (κ1) is 20.0. The predicted octanol–water partition coefficient (Wildman–Crippen LogP) is 4.78. The van der Waals surface area contributed by atoms with Crippen molar-refractivity contribution >= 4 is 50.5 Å². The Hall–Kier alpha value is -3.29. The number of benzene rings is 3. The fourth-order valence-corrected chi connectivity index (χ4v) is 4.10. The van der Waals surface area contributed by atoms with Crippen LogP contribution >= 0.6 is 23.6 Å². The van der Waals surface area contributed by atoms with Crippen molar-refractivity contribution < 1.29 is 9.53 Å². The Morgan fingerprint density at radius 3 is 2.47 bits per heavy atom. The van der Waals surface area contributed by atoms with Crippen molar-refractivity contribution in [3.63, 3.8) is 0 Å². The third kappa shape index (κ3) is 5.40. The molecule has 0 spiro atoms. The summed E-state index contributed by atoms with van der Waals surface area (Å²) >= 11 is 6.92. The summed E-state index contributed by atoms with van der Waals surface area (Å²) in [5.74, 6) is 0.319. The monoisotopic (exact) mass is 433 g/mol. The lowest BCUT2D eigenvalue weighted by Crippen LogP contribution is -2.37. The zero-order valence-electron chi connectivity index (χ0n) is 16.0. The summed E-state index contributed by atoms with van der Waals surface area (Å²) in [7, 11) is 0. The summed E-state index contributed by atoms with van der Waals surface area (Å²) in [6, 6.07) is 25.2. The summed E-state index contributed by atoms with van der Waals surface area (Å²) < 4.78 is 6.61. The highest BCUT2D eigenvalue weighted by Crippen LogP contribution is 2.24. The van der Waals surface area contributed by atoms with E-state index in [-0.39, 0.29) is 17.6 Å². The number of rotatable bonds is 6. The average molecular weight is 434 g/mol. The van der Waals surface area contributed by atoms with Crippen LogP contribution in [0.25, 0.3) is 10.2 Å². The standard InChI is InChI=1S/C23H19N3O2S2/c27-21(15-28-18-6-2-1-3-7-18)26-23(29)24-17-12-10-16(11-13-17)14-22-25-19-8-4-5-9-20(19)30-22/h1-13H,14-15H2,(H2,24,26,27,29). The van der Waals surface area contributed by atoms with Crippen molar-refractivity contribution in [3.05, 3.63) is 89.4 Å². The maximum atomic E-state index is 12.0. The minimum atomic E-state index is -0.316. The van der Waals surface area contributed by atoms with E-state index < -0.39 is 0 Å². The van der Waals surface area contributed by atoms with Crippen molar-refractivity contribution in [3.8, 4) is 5.75 Å². The van der Waals surface area contributed by atoms with Crippen molar-refractivity contribution in [2.45, 2.75) is 6.42 Å². The Morgan fingerprint density at radius 2 is 1.70 bits per heavy atom. The largest absolute Gasteiger partial charge is 0.484 e. The third-order valence-electron chi connectivity index (χ3n) is 4.27. The molecule has 7 heteroatoms. The SMILES string of the molecule is O=C(COc1ccccc1)NC(=S)Nc1ccc(Cc2nc3ccccc3s2)cc1. The zero-order valence-corrected chi connectivity index (χ0v) is 17.6. The van der Waals surface area contributed by atoms with E-state index in [2.05, 4.69) is 21.7 Å². The van der Waals surface area contributed by atoms with E-state index in [1.165, 1.54) is 4.70 Å². The average Bonchev–Trinajstić information content (AvgIpc) is 3.17. The van der Waals surface area contributed by atoms with Crippen LogP contribution in [-0.2, 0) is 11.2 Å². The molecule has 0 saturated heterocycles. The molecule has 3 aromatic carbocycles. The molecule has 0 aliphatic rings. The number of carbonyl (C=O) groups is 1. The molecule has 0 unspecified atom stereocenters. The number of nitrogens with one attached hydrogen (secondary N) is 2. The molecule has 4 rings (SSSR count). The molecule has 0 saturated carbocycles. The van der Waals surface area contributed by atoms with E-state index in [4.69, 9.17) is 17.0 Å². The molecule has 5 nitrogen and oxygen atoms in total. The minimum Gasteiger partial charge on any atom is -0.484 e. The molecule has 1 amide bonds. The summed E-state index contributed by atoms with van der Waals surface area (Å²) in [6.45, 7) is -0.104. The molecule has 30 heavy (non-hydrogen) atoms. The van der Waals surface area contributed by atoms with Crippen LogP contribution in [0.5, 0.6) is 5.75 Å². The van der Waals surface area contributed by atoms with Gasteiger partial charge in [-0.15, -0.1) is 11.3 Å². The quantitative estimate of drug-likeness (QED) is 0.429. The van der Waals surface area contributed by atoms with Gasteiger partial charge in [0.15, 0.2) is 11.7 Å². The van der Waals surface area contributed by atoms with Crippen LogP contribution in [0.3, 0.4) is 0 Å². The van der Waals surface area contributed by atoms with E-state index >= 15 is 0 Å². The molecule has 4 aromatic rings. The fraction of sp³-hybridized carbons (Fsp3) is 0.0870. The zero-order chi connectivity index (χ0) is 20.8. The van der Waals surface area contributed by atoms with Gasteiger partial charge in [0.25, 0.3) is 5.91 Å². The minimum absolute atomic E-state index is 0.104. The number of ether oxygens (including phenoxy) is 1. The number of nitrogens with zero attached hydrogens (tertiary/aromatic N) is 1. The van der Waals surface area contributed by atoms with Crippen LogP contribution in [-0.4, -0.2) is 22.6 Å². The lowest BCUT2D eigenvalue weighted by molar-refractivity contribution is -0.121. The van der Waals surface area contributed by atoms with Gasteiger partial charge in [0.1, 0.15) is 5.75 Å². The Morgan fingerprint density at radius 1 is 0.967 bits per heavy atom. The van der Waals surface area contributed by atoms with E-state index in [0.29, 0.717) is 5.75 Å². The second-order valence-corrected chi connectivity index (χ2v) is 8.08. The molecule has 0 radical (unpaired) electrons. The molecule has 0 atom stereocenters. The maximum Gasteiger partial charge on any atom is 0.264 e. The van der Waals surface area contributed by atoms with Gasteiger partial charge in [-0.1, -0.05) is 42.5 Å². The highest BCUT2D eigenvalue weighted by molar-refractivity contribution is 7.80. The van der Waals surface area contributed by atoms with Gasteiger partial charge in [-0.2, -0.15) is 0 Å². The number of thiazole rings is 1. The topological polar surface area (TPSA) is 63.2 Å². The molecular weight excluding hydrogens is 414 g/mol. The highest BCUT2D eigenvalue weighted by atomic mass is 32.1. The molecule has 0 aliphatic heterocycles. The number of hydrogen-bond acceptors (Lipinski definition) is 5. The van der Waals surface area contributed by atoms with Crippen molar-refractivity contribution in [2.24, 2.45) is 0 Å². The van der Waals surface area contributed by atoms with Crippen LogP contribution in [0.2, 0.25) is 0 Å². The third-order valence-corrected chi connectivity index (χ3v) is 5.51. The van der Waals surface area contributed by atoms with Gasteiger partial charge >= 0.3 is 0 Å². The number of anilines is 1. The molecule has 150 valence electrons. The normalized spacial score (nSPS) is 10.5. The van der Waals surface area contributed by atoms with Crippen LogP contribution in [0.15, 0.2) is 78.9 Å². The van der Waals surface area contributed by atoms with Crippen LogP contribution in [0.1, 0.15) is 10.6 Å². The first-order valence-electron chi connectivity index (χ1n) is 9.38. The highest BCUT2D eigenvalue weighted by Gasteiger charge is 2.07. The van der Waals surface area contributed by atoms with Gasteiger partial charge in [0, 0.05) is 12.1 Å². The van der Waals surface area contributed by atoms with Crippen molar-refractivity contribution in [1.82, 2.24) is 10.3 Å². The predicted molar refractivity (Wildman–Crippen MR) is 125 cm³/mol. The first-order valence-corrected chi connectivity index (χ1v) is 10.6. The lowest BCUT2D eigenvalue weighted by atomic mass is 10.1. The lowest BCUT2D eigenvalue weighted by Gasteiger charge is -2.11. The summed E-state index contributed by atoms with van der Waals surface area (Å²) in [5.41, 5.74) is 3.00.